The van der Waals surface area contributed by atoms with E-state index in [-0.39, 0.29) is 0 Å². The predicted molar refractivity (Wildman–Crippen MR) is 83.9 cm³/mol. The molecule has 1 aromatic carbocycles. The van der Waals surface area contributed by atoms with Crippen molar-refractivity contribution in [2.24, 2.45) is 16.8 Å². The molecule has 1 N–H and O–H groups in total. The molecular formula is C17H25N3. The van der Waals surface area contributed by atoms with Crippen LogP contribution in [-0.4, -0.2) is 37.5 Å². The molecule has 1 atom stereocenters. The van der Waals surface area contributed by atoms with E-state index in [4.69, 9.17) is 0 Å². The lowest BCUT2D eigenvalue weighted by Crippen LogP contribution is -2.41. The summed E-state index contributed by atoms with van der Waals surface area (Å²) in [4.78, 5) is 6.87. The van der Waals surface area contributed by atoms with Crippen LogP contribution in [0.15, 0.2) is 35.3 Å². The summed E-state index contributed by atoms with van der Waals surface area (Å²) in [5.74, 6) is 2.76. The Kier molecular flexibility index (Phi) is 4.24. The minimum atomic E-state index is 0.761. The highest BCUT2D eigenvalue weighted by Crippen LogP contribution is 2.28. The van der Waals surface area contributed by atoms with Crippen LogP contribution in [-0.2, 0) is 6.42 Å². The van der Waals surface area contributed by atoms with Crippen LogP contribution in [0.5, 0.6) is 0 Å². The van der Waals surface area contributed by atoms with Crippen LogP contribution in [0.25, 0.3) is 0 Å². The summed E-state index contributed by atoms with van der Waals surface area (Å²) in [6, 6.07) is 10.8. The number of hydrogen-bond donors (Lipinski definition) is 1. The third-order valence-corrected chi connectivity index (χ3v) is 4.41. The van der Waals surface area contributed by atoms with Crippen molar-refractivity contribution in [2.45, 2.75) is 25.7 Å². The van der Waals surface area contributed by atoms with E-state index in [0.717, 1.165) is 37.4 Å². The first-order chi connectivity index (χ1) is 9.85. The van der Waals surface area contributed by atoms with Gasteiger partial charge in [-0.15, -0.1) is 0 Å². The first-order valence-corrected chi connectivity index (χ1v) is 7.84. The van der Waals surface area contributed by atoms with Crippen LogP contribution < -0.4 is 5.32 Å². The molecule has 108 valence electrons. The molecule has 3 rings (SSSR count). The number of nitrogens with zero attached hydrogens (tertiary/aromatic N) is 2. The Morgan fingerprint density at radius 3 is 2.70 bits per heavy atom. The van der Waals surface area contributed by atoms with E-state index < -0.39 is 0 Å². The minimum absolute atomic E-state index is 0.761. The van der Waals surface area contributed by atoms with Crippen molar-refractivity contribution in [2.75, 3.05) is 26.7 Å². The normalized spacial score (nSPS) is 23.1. The second-order valence-corrected chi connectivity index (χ2v) is 6.16. The average Bonchev–Trinajstić information content (AvgIpc) is 3.20. The molecule has 1 unspecified atom stereocenters. The summed E-state index contributed by atoms with van der Waals surface area (Å²) < 4.78 is 0. The molecule has 2 aliphatic rings. The molecular weight excluding hydrogens is 246 g/mol. The second-order valence-electron chi connectivity index (χ2n) is 6.16. The lowest BCUT2D eigenvalue weighted by atomic mass is 9.99. The number of likely N-dealkylation sites (tertiary alicyclic amines) is 1. The van der Waals surface area contributed by atoms with Gasteiger partial charge in [0.1, 0.15) is 0 Å². The van der Waals surface area contributed by atoms with Gasteiger partial charge in [0.05, 0.1) is 0 Å². The molecule has 1 aliphatic carbocycles. The largest absolute Gasteiger partial charge is 0.356 e. The van der Waals surface area contributed by atoms with Crippen molar-refractivity contribution in [3.05, 3.63) is 35.9 Å². The zero-order valence-electron chi connectivity index (χ0n) is 12.4. The van der Waals surface area contributed by atoms with Gasteiger partial charge in [0.2, 0.25) is 0 Å². The highest BCUT2D eigenvalue weighted by atomic mass is 15.3. The molecule has 0 amide bonds. The Labute approximate surface area is 122 Å². The summed E-state index contributed by atoms with van der Waals surface area (Å²) in [5, 5.41) is 3.53. The molecule has 3 nitrogen and oxygen atoms in total. The van der Waals surface area contributed by atoms with Crippen molar-refractivity contribution >= 4 is 5.96 Å². The number of nitrogens with one attached hydrogen (secondary N) is 1. The Balaban J connectivity index is 1.50. The molecule has 2 fully saturated rings. The van der Waals surface area contributed by atoms with Crippen molar-refractivity contribution in [3.8, 4) is 0 Å². The molecule has 3 heteroatoms. The average molecular weight is 271 g/mol. The van der Waals surface area contributed by atoms with Crippen LogP contribution in [0.4, 0.5) is 0 Å². The van der Waals surface area contributed by atoms with E-state index in [9.17, 15) is 0 Å². The van der Waals surface area contributed by atoms with Crippen molar-refractivity contribution < 1.29 is 0 Å². The molecule has 0 radical (unpaired) electrons. The first-order valence-electron chi connectivity index (χ1n) is 7.84. The van der Waals surface area contributed by atoms with Gasteiger partial charge < -0.3 is 10.2 Å². The third kappa shape index (κ3) is 3.53. The number of benzene rings is 1. The molecule has 1 heterocycles. The van der Waals surface area contributed by atoms with Crippen LogP contribution in [0.1, 0.15) is 24.8 Å². The summed E-state index contributed by atoms with van der Waals surface area (Å²) >= 11 is 0. The monoisotopic (exact) mass is 271 g/mol. The fourth-order valence-electron chi connectivity index (χ4n) is 3.03. The fraction of sp³-hybridized carbons (Fsp3) is 0.588. The van der Waals surface area contributed by atoms with Gasteiger partial charge in [0.15, 0.2) is 5.96 Å². The van der Waals surface area contributed by atoms with Crippen LogP contribution >= 0.6 is 0 Å². The minimum Gasteiger partial charge on any atom is -0.356 e. The quantitative estimate of drug-likeness (QED) is 0.673. The lowest BCUT2D eigenvalue weighted by molar-refractivity contribution is 0.458. The molecule has 1 saturated heterocycles. The van der Waals surface area contributed by atoms with E-state index >= 15 is 0 Å². The maximum atomic E-state index is 4.44. The van der Waals surface area contributed by atoms with E-state index in [2.05, 4.69) is 45.5 Å². The third-order valence-electron chi connectivity index (χ3n) is 4.41. The van der Waals surface area contributed by atoms with Gasteiger partial charge in [-0.1, -0.05) is 30.3 Å². The highest BCUT2D eigenvalue weighted by Gasteiger charge is 2.26. The smallest absolute Gasteiger partial charge is 0.193 e. The van der Waals surface area contributed by atoms with E-state index in [0.29, 0.717) is 0 Å². The van der Waals surface area contributed by atoms with Gasteiger partial charge in [0.25, 0.3) is 0 Å². The molecule has 0 bridgehead atoms. The van der Waals surface area contributed by atoms with Crippen molar-refractivity contribution in [1.29, 1.82) is 0 Å². The second kappa shape index (κ2) is 6.29. The van der Waals surface area contributed by atoms with Gasteiger partial charge >= 0.3 is 0 Å². The molecule has 0 spiro atoms. The predicted octanol–water partition coefficient (Wildman–Crippen LogP) is 2.54. The number of rotatable bonds is 4. The number of aliphatic imine (C=N–C) groups is 1. The van der Waals surface area contributed by atoms with Gasteiger partial charge in [0, 0.05) is 26.7 Å². The van der Waals surface area contributed by atoms with Crippen LogP contribution in [0, 0.1) is 11.8 Å². The van der Waals surface area contributed by atoms with Crippen molar-refractivity contribution in [1.82, 2.24) is 10.2 Å². The zero-order chi connectivity index (χ0) is 13.8. The lowest BCUT2D eigenvalue weighted by Gasteiger charge is -2.21. The first kappa shape index (κ1) is 13.5. The fourth-order valence-corrected chi connectivity index (χ4v) is 3.03. The number of guanidine groups is 1. The Morgan fingerprint density at radius 1 is 1.20 bits per heavy atom. The van der Waals surface area contributed by atoms with Gasteiger partial charge in [-0.2, -0.15) is 0 Å². The van der Waals surface area contributed by atoms with E-state index in [1.165, 1.54) is 31.2 Å². The zero-order valence-corrected chi connectivity index (χ0v) is 12.4. The molecule has 20 heavy (non-hydrogen) atoms. The molecule has 1 saturated carbocycles. The summed E-state index contributed by atoms with van der Waals surface area (Å²) in [6.07, 6.45) is 5.25. The van der Waals surface area contributed by atoms with Gasteiger partial charge in [-0.05, 0) is 43.1 Å². The van der Waals surface area contributed by atoms with Crippen LogP contribution in [0.3, 0.4) is 0 Å². The summed E-state index contributed by atoms with van der Waals surface area (Å²) in [5.41, 5.74) is 1.46. The van der Waals surface area contributed by atoms with E-state index in [1.807, 2.05) is 7.05 Å². The summed E-state index contributed by atoms with van der Waals surface area (Å²) in [6.45, 7) is 3.38. The van der Waals surface area contributed by atoms with Crippen LogP contribution in [0.2, 0.25) is 0 Å². The summed E-state index contributed by atoms with van der Waals surface area (Å²) in [7, 11) is 1.90. The number of hydrogen-bond acceptors (Lipinski definition) is 1. The topological polar surface area (TPSA) is 27.6 Å². The SMILES string of the molecule is CN=C(NCC1CC1)N1CCC(Cc2ccccc2)C1. The standard InChI is InChI=1S/C17H25N3/c1-18-17(19-12-15-7-8-15)20-10-9-16(13-20)11-14-5-3-2-4-6-14/h2-6,15-16H,7-13H2,1H3,(H,18,19). The van der Waals surface area contributed by atoms with Gasteiger partial charge in [-0.3, -0.25) is 4.99 Å². The van der Waals surface area contributed by atoms with E-state index in [1.54, 1.807) is 0 Å². The molecule has 1 aliphatic heterocycles. The molecule has 1 aromatic rings. The Bertz CT molecular complexity index is 451. The maximum Gasteiger partial charge on any atom is 0.193 e. The van der Waals surface area contributed by atoms with Crippen molar-refractivity contribution in [3.63, 3.8) is 0 Å². The van der Waals surface area contributed by atoms with Gasteiger partial charge in [-0.25, -0.2) is 0 Å². The highest BCUT2D eigenvalue weighted by molar-refractivity contribution is 5.80. The Morgan fingerprint density at radius 2 is 2.00 bits per heavy atom. The maximum absolute atomic E-state index is 4.44. The molecule has 0 aromatic heterocycles. The Hall–Kier alpha value is -1.51.